The van der Waals surface area contributed by atoms with Crippen LogP contribution in [0.3, 0.4) is 0 Å². The van der Waals surface area contributed by atoms with E-state index in [9.17, 15) is 4.39 Å². The number of hydrogen-bond donors (Lipinski definition) is 1. The summed E-state index contributed by atoms with van der Waals surface area (Å²) in [4.78, 5) is 0. The fourth-order valence-corrected chi connectivity index (χ4v) is 0.380. The van der Waals surface area contributed by atoms with Crippen molar-refractivity contribution in [3.63, 3.8) is 0 Å². The molecule has 0 saturated carbocycles. The third kappa shape index (κ3) is 5.29. The summed E-state index contributed by atoms with van der Waals surface area (Å²) in [6, 6.07) is 2.25. The molecule has 0 aromatic carbocycles. The zero-order chi connectivity index (χ0) is 6.24. The van der Waals surface area contributed by atoms with Gasteiger partial charge in [0.2, 0.25) is 0 Å². The number of alkyl halides is 1. The molecule has 0 atom stereocenters. The number of halogens is 1. The van der Waals surface area contributed by atoms with E-state index in [0.717, 1.165) is 12.8 Å². The van der Waals surface area contributed by atoms with Crippen LogP contribution in [0.5, 0.6) is 0 Å². The van der Waals surface area contributed by atoms with E-state index in [-0.39, 0.29) is 6.67 Å². The van der Waals surface area contributed by atoms with Crippen LogP contribution in [0.15, 0.2) is 0 Å². The number of hydrogen-bond acceptors (Lipinski definition) is 1. The van der Waals surface area contributed by atoms with Gasteiger partial charge in [0.25, 0.3) is 0 Å². The van der Waals surface area contributed by atoms with Gasteiger partial charge >= 0.3 is 0 Å². The Morgan fingerprint density at radius 3 is 2.62 bits per heavy atom. The highest BCUT2D eigenvalue weighted by Crippen LogP contribution is 1.92. The van der Waals surface area contributed by atoms with Crippen LogP contribution in [0.4, 0.5) is 4.39 Å². The monoisotopic (exact) mass is 115 g/mol. The molecule has 0 aliphatic rings. The first-order valence-corrected chi connectivity index (χ1v) is 2.66. The normalized spacial score (nSPS) is 7.62. The summed E-state index contributed by atoms with van der Waals surface area (Å²) < 4.78 is 11.3. The van der Waals surface area contributed by atoms with E-state index >= 15 is 0 Å². The van der Waals surface area contributed by atoms with Crippen LogP contribution < -0.4 is 5.73 Å². The highest BCUT2D eigenvalue weighted by molar-refractivity contribution is 4.92. The minimum atomic E-state index is -0.244. The summed E-state index contributed by atoms with van der Waals surface area (Å²) >= 11 is 0. The minimum absolute atomic E-state index is 0.244. The van der Waals surface area contributed by atoms with Crippen LogP contribution in [-0.4, -0.2) is 6.67 Å². The van der Waals surface area contributed by atoms with Crippen LogP contribution >= 0.6 is 0 Å². The average molecular weight is 115 g/mol. The molecule has 46 valence electrons. The molecule has 0 aliphatic heterocycles. The fraction of sp³-hybridized carbons (Fsp3) is 0.667. The third-order valence-electron chi connectivity index (χ3n) is 0.787. The summed E-state index contributed by atoms with van der Waals surface area (Å²) in [5, 5.41) is 0. The van der Waals surface area contributed by atoms with Gasteiger partial charge in [-0.25, -0.2) is 0 Å². The quantitative estimate of drug-likeness (QED) is 0.332. The molecule has 0 heterocycles. The second kappa shape index (κ2) is 6.29. The van der Waals surface area contributed by atoms with Crippen molar-refractivity contribution in [1.82, 2.24) is 0 Å². The van der Waals surface area contributed by atoms with Crippen molar-refractivity contribution in [1.29, 1.82) is 0 Å². The molecule has 0 amide bonds. The lowest BCUT2D eigenvalue weighted by Gasteiger charge is -1.84. The van der Waals surface area contributed by atoms with E-state index in [1.54, 1.807) is 0 Å². The van der Waals surface area contributed by atoms with Gasteiger partial charge in [-0.2, -0.15) is 0 Å². The van der Waals surface area contributed by atoms with E-state index in [2.05, 4.69) is 12.0 Å². The molecule has 0 unspecified atom stereocenters. The van der Waals surface area contributed by atoms with Gasteiger partial charge in [-0.1, -0.05) is 5.92 Å². The topological polar surface area (TPSA) is 26.0 Å². The molecular formula is C6H10FN. The van der Waals surface area contributed by atoms with Gasteiger partial charge in [0.15, 0.2) is 0 Å². The van der Waals surface area contributed by atoms with Crippen molar-refractivity contribution in [2.24, 2.45) is 5.73 Å². The van der Waals surface area contributed by atoms with E-state index in [1.165, 1.54) is 0 Å². The molecule has 0 aromatic heterocycles. The summed E-state index contributed by atoms with van der Waals surface area (Å²) in [5.74, 6) is 2.64. The Morgan fingerprint density at radius 2 is 2.12 bits per heavy atom. The Balaban J connectivity index is 2.79. The molecule has 8 heavy (non-hydrogen) atoms. The maximum Gasteiger partial charge on any atom is 0.0894 e. The predicted molar refractivity (Wildman–Crippen MR) is 31.8 cm³/mol. The minimum Gasteiger partial charge on any atom is -0.359 e. The van der Waals surface area contributed by atoms with Crippen molar-refractivity contribution in [3.8, 4) is 12.0 Å². The highest BCUT2D eigenvalue weighted by atomic mass is 19.1. The molecule has 0 fully saturated rings. The largest absolute Gasteiger partial charge is 0.359 e. The average Bonchev–Trinajstić information content (AvgIpc) is 1.81. The van der Waals surface area contributed by atoms with Crippen LogP contribution in [0.1, 0.15) is 19.3 Å². The molecule has 0 aromatic rings. The number of rotatable bonds is 3. The molecule has 1 nitrogen and oxygen atoms in total. The molecule has 0 aliphatic carbocycles. The van der Waals surface area contributed by atoms with Gasteiger partial charge < -0.3 is 5.73 Å². The van der Waals surface area contributed by atoms with Gasteiger partial charge in [-0.3, -0.25) is 4.39 Å². The standard InChI is InChI=1S/C6H10FN/c7-5-3-1-2-4-6-8/h1-3,5,8H2. The molecule has 0 saturated heterocycles. The van der Waals surface area contributed by atoms with Crippen molar-refractivity contribution in [2.75, 3.05) is 6.67 Å². The fourth-order valence-electron chi connectivity index (χ4n) is 0.380. The zero-order valence-electron chi connectivity index (χ0n) is 4.78. The number of nitrogens with two attached hydrogens (primary N) is 1. The van der Waals surface area contributed by atoms with Gasteiger partial charge in [-0.05, 0) is 12.8 Å². The Labute approximate surface area is 49.1 Å². The lowest BCUT2D eigenvalue weighted by Crippen LogP contribution is -1.79. The Bertz CT molecular complexity index is 90.4. The third-order valence-corrected chi connectivity index (χ3v) is 0.787. The lowest BCUT2D eigenvalue weighted by atomic mass is 10.2. The van der Waals surface area contributed by atoms with Crippen LogP contribution in [0.25, 0.3) is 0 Å². The van der Waals surface area contributed by atoms with Crippen LogP contribution in [0, 0.1) is 12.0 Å². The first-order valence-electron chi connectivity index (χ1n) is 2.66. The van der Waals surface area contributed by atoms with Gasteiger partial charge in [-0.15, -0.1) is 0 Å². The first kappa shape index (κ1) is 7.29. The van der Waals surface area contributed by atoms with Gasteiger partial charge in [0.1, 0.15) is 0 Å². The zero-order valence-corrected chi connectivity index (χ0v) is 4.78. The highest BCUT2D eigenvalue weighted by Gasteiger charge is 1.80. The predicted octanol–water partition coefficient (Wildman–Crippen LogP) is 1.05. The summed E-state index contributed by atoms with van der Waals surface area (Å²) in [6.07, 6.45) is 2.15. The van der Waals surface area contributed by atoms with Crippen LogP contribution in [0.2, 0.25) is 0 Å². The second-order valence-corrected chi connectivity index (χ2v) is 1.47. The van der Waals surface area contributed by atoms with Gasteiger partial charge in [0, 0.05) is 12.5 Å². The van der Waals surface area contributed by atoms with Crippen molar-refractivity contribution in [2.45, 2.75) is 19.3 Å². The van der Waals surface area contributed by atoms with Gasteiger partial charge in [0.05, 0.1) is 6.67 Å². The van der Waals surface area contributed by atoms with Crippen molar-refractivity contribution < 1.29 is 4.39 Å². The smallest absolute Gasteiger partial charge is 0.0894 e. The lowest BCUT2D eigenvalue weighted by molar-refractivity contribution is 0.464. The Morgan fingerprint density at radius 1 is 1.38 bits per heavy atom. The van der Waals surface area contributed by atoms with Crippen molar-refractivity contribution >= 4 is 0 Å². The SMILES string of the molecule is NC#CCCCCF. The molecule has 0 spiro atoms. The molecule has 2 N–H and O–H groups in total. The van der Waals surface area contributed by atoms with Crippen molar-refractivity contribution in [3.05, 3.63) is 0 Å². The van der Waals surface area contributed by atoms with E-state index in [4.69, 9.17) is 5.73 Å². The Kier molecular flexibility index (Phi) is 5.73. The summed E-state index contributed by atoms with van der Waals surface area (Å²) in [6.45, 7) is -0.244. The molecule has 0 radical (unpaired) electrons. The molecule has 0 bridgehead atoms. The summed E-state index contributed by atoms with van der Waals surface area (Å²) in [5.41, 5.74) is 4.86. The molecule has 0 rings (SSSR count). The summed E-state index contributed by atoms with van der Waals surface area (Å²) in [7, 11) is 0. The molecule has 2 heteroatoms. The number of unbranched alkanes of at least 4 members (excludes halogenated alkanes) is 2. The Hall–Kier alpha value is -0.710. The van der Waals surface area contributed by atoms with E-state index in [1.807, 2.05) is 0 Å². The maximum atomic E-state index is 11.3. The maximum absolute atomic E-state index is 11.3. The first-order chi connectivity index (χ1) is 3.91. The van der Waals surface area contributed by atoms with E-state index < -0.39 is 0 Å². The molecular weight excluding hydrogens is 105 g/mol. The second-order valence-electron chi connectivity index (χ2n) is 1.47. The van der Waals surface area contributed by atoms with E-state index in [0.29, 0.717) is 6.42 Å². The van der Waals surface area contributed by atoms with Crippen LogP contribution in [-0.2, 0) is 0 Å².